The molecular weight excluding hydrogens is 791 g/mol. The molecule has 6 amide bonds. The minimum Gasteiger partial charge on any atom is -0.444 e. The van der Waals surface area contributed by atoms with E-state index in [0.717, 1.165) is 11.0 Å². The number of fused-ring (bicyclic) bond motifs is 1. The van der Waals surface area contributed by atoms with Gasteiger partial charge in [0.1, 0.15) is 28.2 Å². The van der Waals surface area contributed by atoms with Crippen molar-refractivity contribution in [2.24, 2.45) is 10.9 Å². The van der Waals surface area contributed by atoms with Crippen LogP contribution in [-0.4, -0.2) is 87.9 Å². The summed E-state index contributed by atoms with van der Waals surface area (Å²) in [5, 5.41) is 7.30. The molecular formula is C41H56ClFN6O10. The summed E-state index contributed by atoms with van der Waals surface area (Å²) in [5.41, 5.74) is -1.96. The highest BCUT2D eigenvalue weighted by atomic mass is 35.5. The van der Waals surface area contributed by atoms with Gasteiger partial charge in [0.25, 0.3) is 0 Å². The van der Waals surface area contributed by atoms with Crippen molar-refractivity contribution in [3.8, 4) is 0 Å². The van der Waals surface area contributed by atoms with Crippen molar-refractivity contribution >= 4 is 59.4 Å². The van der Waals surface area contributed by atoms with Gasteiger partial charge in [-0.3, -0.25) is 14.9 Å². The van der Waals surface area contributed by atoms with Crippen LogP contribution < -0.4 is 16.0 Å². The molecule has 1 aliphatic carbocycles. The number of benzene rings is 2. The fourth-order valence-electron chi connectivity index (χ4n) is 5.61. The Morgan fingerprint density at radius 3 is 1.92 bits per heavy atom. The lowest BCUT2D eigenvalue weighted by Crippen LogP contribution is -2.53. The number of alkyl carbamates (subject to hydrolysis) is 1. The highest BCUT2D eigenvalue weighted by Gasteiger charge is 2.40. The lowest BCUT2D eigenvalue weighted by Gasteiger charge is -2.32. The van der Waals surface area contributed by atoms with Crippen molar-refractivity contribution in [1.82, 2.24) is 20.4 Å². The Hall–Kier alpha value is -5.45. The van der Waals surface area contributed by atoms with Gasteiger partial charge in [0.05, 0.1) is 11.1 Å². The molecule has 0 radical (unpaired) electrons. The summed E-state index contributed by atoms with van der Waals surface area (Å²) in [6, 6.07) is 7.81. The molecule has 0 bridgehead atoms. The van der Waals surface area contributed by atoms with Gasteiger partial charge in [0.15, 0.2) is 0 Å². The second kappa shape index (κ2) is 18.6. The summed E-state index contributed by atoms with van der Waals surface area (Å²) < 4.78 is 36.2. The zero-order chi connectivity index (χ0) is 44.8. The molecule has 1 unspecified atom stereocenters. The normalized spacial score (nSPS) is 15.6. The molecule has 324 valence electrons. The van der Waals surface area contributed by atoms with Crippen molar-refractivity contribution < 1.29 is 52.1 Å². The summed E-state index contributed by atoms with van der Waals surface area (Å²) in [6.07, 6.45) is -3.61. The second-order valence-corrected chi connectivity index (χ2v) is 18.4. The highest BCUT2D eigenvalue weighted by molar-refractivity contribution is 6.39. The van der Waals surface area contributed by atoms with Crippen LogP contribution in [0, 0.1) is 11.7 Å². The van der Waals surface area contributed by atoms with E-state index in [4.69, 9.17) is 30.5 Å². The van der Waals surface area contributed by atoms with Crippen molar-refractivity contribution in [1.29, 1.82) is 0 Å². The Labute approximate surface area is 349 Å². The Morgan fingerprint density at radius 1 is 0.780 bits per heavy atom. The quantitative estimate of drug-likeness (QED) is 0.111. The standard InChI is InChI=1S/C41H56ClFN6O10/c1-38(2,3)56-34(52)46-33(47-35(53)57-39(4,5)6)49(37(55)59-41(10,11)12)22-25-19-24-15-14-23(21-48(13)36(54)58-40(7,8)9)18-27(24)30(25)45-32(51)31(50)44-26-16-17-28(42)29(43)20-26/h14-18,20,25,30H,19,21-22H2,1-13H3,(H,44,50)(H,45,51)(H,46,47,52,53)/t25-,30?/m1/s1. The van der Waals surface area contributed by atoms with E-state index >= 15 is 0 Å². The van der Waals surface area contributed by atoms with Crippen LogP contribution in [0.25, 0.3) is 0 Å². The van der Waals surface area contributed by atoms with Crippen LogP contribution in [-0.2, 0) is 41.5 Å². The molecule has 1 aliphatic rings. The van der Waals surface area contributed by atoms with Gasteiger partial charge in [-0.05, 0) is 124 Å². The maximum absolute atomic E-state index is 14.2. The number of anilines is 1. The number of aliphatic imine (C=N–C) groups is 1. The SMILES string of the molecule is CN(Cc1ccc2c(c1)C(NC(=O)C(=O)Nc1ccc(Cl)c(F)c1)[C@@H](CN(C(=O)OC(C)(C)C)/C(=N\C(=O)OC(C)(C)C)NC(=O)OC(C)(C)C)C2)C(=O)OC(C)(C)C. The number of guanidine groups is 1. The molecule has 0 aliphatic heterocycles. The van der Waals surface area contributed by atoms with E-state index < -0.39 is 82.3 Å². The molecule has 0 saturated heterocycles. The molecule has 0 saturated carbocycles. The number of amides is 6. The maximum atomic E-state index is 14.2. The molecule has 0 fully saturated rings. The predicted octanol–water partition coefficient (Wildman–Crippen LogP) is 7.87. The molecule has 0 aromatic heterocycles. The number of nitrogens with one attached hydrogen (secondary N) is 3. The number of carbonyl (C=O) groups excluding carboxylic acids is 6. The third-order valence-corrected chi connectivity index (χ3v) is 8.09. The van der Waals surface area contributed by atoms with Crippen LogP contribution in [0.5, 0.6) is 0 Å². The van der Waals surface area contributed by atoms with Crippen LogP contribution >= 0.6 is 11.6 Å². The molecule has 2 aromatic carbocycles. The first-order chi connectivity index (χ1) is 26.9. The third-order valence-electron chi connectivity index (χ3n) is 7.78. The van der Waals surface area contributed by atoms with E-state index in [0.29, 0.717) is 16.7 Å². The monoisotopic (exact) mass is 846 g/mol. The number of hydrogen-bond donors (Lipinski definition) is 3. The summed E-state index contributed by atoms with van der Waals surface area (Å²) in [7, 11) is 1.56. The average molecular weight is 847 g/mol. The van der Waals surface area contributed by atoms with E-state index in [-0.39, 0.29) is 30.2 Å². The molecule has 59 heavy (non-hydrogen) atoms. The lowest BCUT2D eigenvalue weighted by atomic mass is 9.98. The Bertz CT molecular complexity index is 1960. The largest absolute Gasteiger partial charge is 0.444 e. The zero-order valence-electron chi connectivity index (χ0n) is 35.9. The predicted molar refractivity (Wildman–Crippen MR) is 218 cm³/mol. The Kier molecular flexibility index (Phi) is 15.1. The fraction of sp³-hybridized carbons (Fsp3) is 0.537. The second-order valence-electron chi connectivity index (χ2n) is 18.0. The van der Waals surface area contributed by atoms with Crippen LogP contribution in [0.2, 0.25) is 5.02 Å². The topological polar surface area (TPSA) is 194 Å². The summed E-state index contributed by atoms with van der Waals surface area (Å²) in [6.45, 7) is 19.5. The van der Waals surface area contributed by atoms with Gasteiger partial charge in [0, 0.05) is 31.7 Å². The number of hydrogen-bond acceptors (Lipinski definition) is 10. The van der Waals surface area contributed by atoms with Gasteiger partial charge >= 0.3 is 36.2 Å². The summed E-state index contributed by atoms with van der Waals surface area (Å²) in [5.74, 6) is -4.43. The summed E-state index contributed by atoms with van der Waals surface area (Å²) >= 11 is 5.78. The first kappa shape index (κ1) is 47.9. The molecule has 2 aromatic rings. The Balaban J connectivity index is 2.13. The minimum absolute atomic E-state index is 0.0322. The number of ether oxygens (including phenoxy) is 4. The molecule has 0 spiro atoms. The third kappa shape index (κ3) is 15.7. The van der Waals surface area contributed by atoms with Crippen molar-refractivity contribution in [2.75, 3.05) is 18.9 Å². The molecule has 18 heteroatoms. The minimum atomic E-state index is -1.15. The first-order valence-corrected chi connectivity index (χ1v) is 19.2. The van der Waals surface area contributed by atoms with Crippen molar-refractivity contribution in [2.45, 2.75) is 124 Å². The first-order valence-electron chi connectivity index (χ1n) is 18.8. The van der Waals surface area contributed by atoms with Crippen LogP contribution in [0.3, 0.4) is 0 Å². The lowest BCUT2D eigenvalue weighted by molar-refractivity contribution is -0.136. The van der Waals surface area contributed by atoms with Gasteiger partial charge in [0.2, 0.25) is 5.96 Å². The van der Waals surface area contributed by atoms with E-state index in [1.54, 1.807) is 108 Å². The van der Waals surface area contributed by atoms with E-state index in [2.05, 4.69) is 20.9 Å². The molecule has 16 nitrogen and oxygen atoms in total. The molecule has 3 N–H and O–H groups in total. The molecule has 3 rings (SSSR count). The fourth-order valence-corrected chi connectivity index (χ4v) is 5.72. The van der Waals surface area contributed by atoms with Crippen LogP contribution in [0.15, 0.2) is 41.4 Å². The van der Waals surface area contributed by atoms with Crippen LogP contribution in [0.1, 0.15) is 106 Å². The number of halogens is 2. The Morgan fingerprint density at radius 2 is 1.36 bits per heavy atom. The highest BCUT2D eigenvalue weighted by Crippen LogP contribution is 2.38. The number of nitrogens with zero attached hydrogens (tertiary/aromatic N) is 3. The van der Waals surface area contributed by atoms with Gasteiger partial charge in [-0.25, -0.2) is 28.5 Å². The number of carbonyl (C=O) groups is 6. The van der Waals surface area contributed by atoms with Gasteiger partial charge in [-0.1, -0.05) is 29.8 Å². The van der Waals surface area contributed by atoms with E-state index in [1.165, 1.54) is 17.0 Å². The van der Waals surface area contributed by atoms with E-state index in [9.17, 15) is 33.2 Å². The summed E-state index contributed by atoms with van der Waals surface area (Å²) in [4.78, 5) is 86.3. The van der Waals surface area contributed by atoms with Gasteiger partial charge in [-0.2, -0.15) is 0 Å². The van der Waals surface area contributed by atoms with E-state index in [1.807, 2.05) is 0 Å². The average Bonchev–Trinajstić information content (AvgIpc) is 3.37. The zero-order valence-corrected chi connectivity index (χ0v) is 36.7. The number of rotatable bonds is 6. The molecule has 0 heterocycles. The smallest absolute Gasteiger partial charge is 0.437 e. The van der Waals surface area contributed by atoms with Gasteiger partial charge < -0.3 is 34.5 Å². The molecule has 2 atom stereocenters. The maximum Gasteiger partial charge on any atom is 0.437 e. The van der Waals surface area contributed by atoms with Crippen LogP contribution in [0.4, 0.5) is 29.3 Å². The van der Waals surface area contributed by atoms with Crippen molar-refractivity contribution in [3.63, 3.8) is 0 Å². The van der Waals surface area contributed by atoms with Crippen molar-refractivity contribution in [3.05, 3.63) is 63.9 Å². The van der Waals surface area contributed by atoms with Gasteiger partial charge in [-0.15, -0.1) is 4.99 Å².